The van der Waals surface area contributed by atoms with Crippen LogP contribution in [-0.2, 0) is 11.2 Å². The highest BCUT2D eigenvalue weighted by Gasteiger charge is 2.22. The lowest BCUT2D eigenvalue weighted by Crippen LogP contribution is -2.37. The average molecular weight is 496 g/mol. The third-order valence-corrected chi connectivity index (χ3v) is 4.63. The molecule has 7 heteroatoms. The molecule has 1 rings (SSSR count). The zero-order valence-corrected chi connectivity index (χ0v) is 21.5. The molecular weight excluding hydrogens is 458 g/mol. The third kappa shape index (κ3) is 11.7. The van der Waals surface area contributed by atoms with Crippen LogP contribution in [0.4, 0.5) is 4.79 Å². The molecule has 1 aromatic heterocycles. The van der Waals surface area contributed by atoms with E-state index in [1.54, 1.807) is 4.90 Å². The van der Waals surface area contributed by atoms with Gasteiger partial charge in [-0.1, -0.05) is 53.2 Å². The van der Waals surface area contributed by atoms with Crippen molar-refractivity contribution in [1.29, 1.82) is 0 Å². The molecule has 0 saturated heterocycles. The first kappa shape index (κ1) is 28.9. The van der Waals surface area contributed by atoms with Gasteiger partial charge in [0.25, 0.3) is 0 Å². The summed E-state index contributed by atoms with van der Waals surface area (Å²) in [5.41, 5.74) is 0.380. The number of amides is 1. The van der Waals surface area contributed by atoms with Gasteiger partial charge < -0.3 is 14.2 Å². The van der Waals surface area contributed by atoms with Crippen molar-refractivity contribution < 1.29 is 14.1 Å². The van der Waals surface area contributed by atoms with Gasteiger partial charge in [0.15, 0.2) is 0 Å². The molecule has 0 aliphatic heterocycles. The minimum absolute atomic E-state index is 0.271. The van der Waals surface area contributed by atoms with E-state index in [1.807, 2.05) is 52.8 Å². The minimum Gasteiger partial charge on any atom is -0.444 e. The van der Waals surface area contributed by atoms with E-state index in [9.17, 15) is 4.79 Å². The quantitative estimate of drug-likeness (QED) is 0.259. The predicted octanol–water partition coefficient (Wildman–Crippen LogP) is 6.96. The molecule has 0 bridgehead atoms. The van der Waals surface area contributed by atoms with Crippen molar-refractivity contribution in [2.24, 2.45) is 5.92 Å². The number of carbonyl (C=O) groups is 1. The van der Waals surface area contributed by atoms with E-state index in [-0.39, 0.29) is 6.09 Å². The van der Waals surface area contributed by atoms with E-state index in [1.165, 1.54) is 0 Å². The van der Waals surface area contributed by atoms with Crippen molar-refractivity contribution in [2.75, 3.05) is 13.1 Å². The van der Waals surface area contributed by atoms with Crippen LogP contribution >= 0.6 is 15.9 Å². The van der Waals surface area contributed by atoms with Crippen LogP contribution in [0.5, 0.6) is 0 Å². The molecule has 0 saturated carbocycles. The molecule has 0 aliphatic rings. The summed E-state index contributed by atoms with van der Waals surface area (Å²) in [5.74, 6) is 1.51. The second kappa shape index (κ2) is 14.8. The van der Waals surface area contributed by atoms with Gasteiger partial charge in [-0.3, -0.25) is 0 Å². The van der Waals surface area contributed by atoms with Gasteiger partial charge in [-0.15, -0.1) is 13.2 Å². The Bertz CT molecular complexity index is 747. The van der Waals surface area contributed by atoms with Crippen LogP contribution in [0.2, 0.25) is 0 Å². The molecule has 0 N–H and O–H groups in total. The average Bonchev–Trinajstić information content (AvgIpc) is 3.16. The molecule has 31 heavy (non-hydrogen) atoms. The maximum absolute atomic E-state index is 12.3. The Morgan fingerprint density at radius 2 is 1.94 bits per heavy atom. The highest BCUT2D eigenvalue weighted by Crippen LogP contribution is 2.20. The summed E-state index contributed by atoms with van der Waals surface area (Å²) in [6, 6.07) is 0. The van der Waals surface area contributed by atoms with Crippen molar-refractivity contribution >= 4 is 27.6 Å². The smallest absolute Gasteiger partial charge is 0.410 e. The highest BCUT2D eigenvalue weighted by molar-refractivity contribution is 9.11. The highest BCUT2D eigenvalue weighted by atomic mass is 79.9. The van der Waals surface area contributed by atoms with Crippen molar-refractivity contribution in [1.82, 2.24) is 15.0 Å². The number of carbonyl (C=O) groups excluding carboxylic acids is 1. The van der Waals surface area contributed by atoms with Gasteiger partial charge >= 0.3 is 6.09 Å². The first-order valence-corrected chi connectivity index (χ1v) is 11.4. The molecule has 1 aromatic rings. The van der Waals surface area contributed by atoms with Gasteiger partial charge in [0.2, 0.25) is 11.7 Å². The normalized spacial score (nSPS) is 12.8. The number of aromatic nitrogens is 2. The molecular formula is C24H38BrN3O3. The monoisotopic (exact) mass is 495 g/mol. The summed E-state index contributed by atoms with van der Waals surface area (Å²) in [6.07, 6.45) is 7.89. The summed E-state index contributed by atoms with van der Waals surface area (Å²) < 4.78 is 11.7. The first-order valence-electron chi connectivity index (χ1n) is 10.6. The van der Waals surface area contributed by atoms with Crippen LogP contribution in [0.25, 0.3) is 5.57 Å². The summed E-state index contributed by atoms with van der Waals surface area (Å²) in [4.78, 5) is 18.6. The molecule has 1 amide bonds. The summed E-state index contributed by atoms with van der Waals surface area (Å²) >= 11 is 3.30. The van der Waals surface area contributed by atoms with Crippen molar-refractivity contribution in [3.05, 3.63) is 54.2 Å². The molecule has 174 valence electrons. The zero-order valence-electron chi connectivity index (χ0n) is 19.9. The molecule has 0 spiro atoms. The van der Waals surface area contributed by atoms with Crippen molar-refractivity contribution in [2.45, 2.75) is 66.4 Å². The van der Waals surface area contributed by atoms with Crippen LogP contribution in [0.3, 0.4) is 0 Å². The molecule has 1 unspecified atom stereocenters. The Morgan fingerprint density at radius 3 is 2.42 bits per heavy atom. The van der Waals surface area contributed by atoms with Gasteiger partial charge in [0.1, 0.15) is 5.60 Å². The minimum atomic E-state index is -0.491. The fourth-order valence-electron chi connectivity index (χ4n) is 2.68. The molecule has 0 aromatic carbocycles. The molecule has 1 heterocycles. The van der Waals surface area contributed by atoms with Crippen LogP contribution in [0.15, 0.2) is 47.0 Å². The van der Waals surface area contributed by atoms with Gasteiger partial charge in [-0.25, -0.2) is 4.79 Å². The second-order valence-electron chi connectivity index (χ2n) is 7.86. The fourth-order valence-corrected chi connectivity index (χ4v) is 2.81. The van der Waals surface area contributed by atoms with E-state index in [0.29, 0.717) is 37.1 Å². The fraction of sp³-hybridized carbons (Fsp3) is 0.542. The summed E-state index contributed by atoms with van der Waals surface area (Å²) in [6.45, 7) is 22.7. The van der Waals surface area contributed by atoms with Gasteiger partial charge in [0.05, 0.1) is 0 Å². The lowest BCUT2D eigenvalue weighted by Gasteiger charge is -2.27. The first-order chi connectivity index (χ1) is 14.6. The van der Waals surface area contributed by atoms with Crippen LogP contribution in [-0.4, -0.2) is 39.8 Å². The Morgan fingerprint density at radius 1 is 1.29 bits per heavy atom. The van der Waals surface area contributed by atoms with Crippen molar-refractivity contribution in [3.8, 4) is 0 Å². The lowest BCUT2D eigenvalue weighted by atomic mass is 9.98. The molecule has 0 fully saturated rings. The maximum atomic E-state index is 12.3. The van der Waals surface area contributed by atoms with E-state index < -0.39 is 5.60 Å². The van der Waals surface area contributed by atoms with Crippen LogP contribution in [0, 0.1) is 5.92 Å². The molecule has 0 radical (unpaired) electrons. The lowest BCUT2D eigenvalue weighted by molar-refractivity contribution is 0.0250. The standard InChI is InChI=1S/C22H34BrN3O3.C2H4/c1-8-17(13-14-26(10-3)21(27)28-22(5,6)7)15-19-24-20(25-29-19)18(9-2)12-11-16(4)23;1-2/h9,11-12,17H,4,8,10,13-15H2,1-3,5-7H3;1-2H2/b12-11-,18-9+;. The number of halogens is 1. The predicted molar refractivity (Wildman–Crippen MR) is 132 cm³/mol. The number of ether oxygens (including phenoxy) is 1. The Balaban J connectivity index is 0.00000436. The largest absolute Gasteiger partial charge is 0.444 e. The molecule has 0 aliphatic carbocycles. The summed E-state index contributed by atoms with van der Waals surface area (Å²) in [7, 11) is 0. The van der Waals surface area contributed by atoms with Gasteiger partial charge in [-0.05, 0) is 53.0 Å². The molecule has 1 atom stereocenters. The van der Waals surface area contributed by atoms with Crippen LogP contribution < -0.4 is 0 Å². The molecule has 6 nitrogen and oxygen atoms in total. The van der Waals surface area contributed by atoms with Gasteiger partial charge in [-0.2, -0.15) is 4.98 Å². The maximum Gasteiger partial charge on any atom is 0.410 e. The number of rotatable bonds is 10. The van der Waals surface area contributed by atoms with E-state index in [4.69, 9.17) is 9.26 Å². The van der Waals surface area contributed by atoms with Crippen molar-refractivity contribution in [3.63, 3.8) is 0 Å². The Labute approximate surface area is 196 Å². The van der Waals surface area contributed by atoms with Gasteiger partial charge in [0, 0.05) is 29.6 Å². The van der Waals surface area contributed by atoms with E-state index >= 15 is 0 Å². The third-order valence-electron chi connectivity index (χ3n) is 4.36. The Kier molecular flexibility index (Phi) is 13.8. The number of nitrogens with zero attached hydrogens (tertiary/aromatic N) is 3. The summed E-state index contributed by atoms with van der Waals surface area (Å²) in [5, 5.41) is 4.10. The Hall–Kier alpha value is -2.15. The zero-order chi connectivity index (χ0) is 24.0. The number of allylic oxidation sites excluding steroid dienone is 5. The number of hydrogen-bond donors (Lipinski definition) is 0. The van der Waals surface area contributed by atoms with Crippen LogP contribution in [0.1, 0.15) is 66.1 Å². The second-order valence-corrected chi connectivity index (χ2v) is 8.88. The number of hydrogen-bond acceptors (Lipinski definition) is 5. The SMILES string of the molecule is C=C.C=C(Br)/C=C\C(=C/C)c1noc(CC(CC)CCN(CC)C(=O)OC(C)(C)C)n1. The van der Waals surface area contributed by atoms with E-state index in [0.717, 1.165) is 22.9 Å². The van der Waals surface area contributed by atoms with E-state index in [2.05, 4.69) is 52.7 Å². The topological polar surface area (TPSA) is 68.5 Å².